The summed E-state index contributed by atoms with van der Waals surface area (Å²) in [5.74, 6) is 0.762. The highest BCUT2D eigenvalue weighted by molar-refractivity contribution is 7.89. The van der Waals surface area contributed by atoms with Crippen LogP contribution in [0, 0.1) is 0 Å². The van der Waals surface area contributed by atoms with Crippen molar-refractivity contribution in [2.45, 2.75) is 36.2 Å². The Morgan fingerprint density at radius 2 is 1.83 bits per heavy atom. The molecule has 2 aliphatic rings. The summed E-state index contributed by atoms with van der Waals surface area (Å²) in [5, 5.41) is 8.80. The quantitative estimate of drug-likeness (QED) is 0.568. The highest BCUT2D eigenvalue weighted by Crippen LogP contribution is 2.40. The number of sulfonamides is 1. The zero-order valence-corrected chi connectivity index (χ0v) is 17.4. The molecule has 0 aliphatic carbocycles. The number of nitrogens with one attached hydrogen (secondary N) is 1. The first kappa shape index (κ1) is 20.6. The summed E-state index contributed by atoms with van der Waals surface area (Å²) in [5.41, 5.74) is 2.52. The van der Waals surface area contributed by atoms with Gasteiger partial charge in [-0.3, -0.25) is 10.0 Å². The molecule has 1 saturated heterocycles. The van der Waals surface area contributed by atoms with Gasteiger partial charge in [0.2, 0.25) is 10.0 Å². The van der Waals surface area contributed by atoms with Gasteiger partial charge in [0.15, 0.2) is 0 Å². The van der Waals surface area contributed by atoms with Crippen LogP contribution < -0.4 is 15.0 Å². The molecule has 0 aromatic heterocycles. The van der Waals surface area contributed by atoms with Crippen molar-refractivity contribution in [2.75, 3.05) is 20.2 Å². The first-order chi connectivity index (χ1) is 14.4. The van der Waals surface area contributed by atoms with Gasteiger partial charge in [0.25, 0.3) is 5.91 Å². The van der Waals surface area contributed by atoms with Gasteiger partial charge in [-0.2, -0.15) is 4.31 Å². The van der Waals surface area contributed by atoms with E-state index >= 15 is 0 Å². The third-order valence-corrected chi connectivity index (χ3v) is 7.84. The number of fused-ring (bicyclic) bond motifs is 1. The van der Waals surface area contributed by atoms with Crippen LogP contribution in [0.2, 0.25) is 0 Å². The molecule has 9 heteroatoms. The Kier molecular flexibility index (Phi) is 5.44. The van der Waals surface area contributed by atoms with E-state index in [4.69, 9.17) is 14.7 Å². The van der Waals surface area contributed by atoms with Crippen molar-refractivity contribution < 1.29 is 27.9 Å². The summed E-state index contributed by atoms with van der Waals surface area (Å²) < 4.78 is 38.8. The Morgan fingerprint density at radius 3 is 2.47 bits per heavy atom. The zero-order valence-electron chi connectivity index (χ0n) is 16.6. The average molecular weight is 432 g/mol. The number of methoxy groups -OCH3 is 1. The molecule has 1 amide bonds. The summed E-state index contributed by atoms with van der Waals surface area (Å²) in [6.45, 7) is 0.767. The smallest absolute Gasteiger partial charge is 0.274 e. The Hall–Kier alpha value is -2.62. The molecule has 2 aromatic rings. The second kappa shape index (κ2) is 7.90. The number of hydroxylamine groups is 1. The maximum absolute atomic E-state index is 13.0. The van der Waals surface area contributed by atoms with E-state index in [-0.39, 0.29) is 4.90 Å². The number of benzene rings is 2. The van der Waals surface area contributed by atoms with Gasteiger partial charge in [-0.1, -0.05) is 0 Å². The van der Waals surface area contributed by atoms with Crippen LogP contribution in [0.4, 0.5) is 0 Å². The summed E-state index contributed by atoms with van der Waals surface area (Å²) in [4.78, 5) is 11.9. The lowest BCUT2D eigenvalue weighted by atomic mass is 9.83. The maximum Gasteiger partial charge on any atom is 0.274 e. The topological polar surface area (TPSA) is 105 Å². The Bertz CT molecular complexity index is 1040. The first-order valence-corrected chi connectivity index (χ1v) is 11.2. The third-order valence-electron chi connectivity index (χ3n) is 5.93. The molecule has 30 heavy (non-hydrogen) atoms. The molecule has 4 rings (SSSR count). The summed E-state index contributed by atoms with van der Waals surface area (Å²) in [6, 6.07) is 11.5. The van der Waals surface area contributed by atoms with Crippen molar-refractivity contribution in [1.82, 2.24) is 9.79 Å². The summed E-state index contributed by atoms with van der Waals surface area (Å²) in [7, 11) is -2.03. The fraction of sp³-hybridized carbons (Fsp3) is 0.381. The van der Waals surface area contributed by atoms with E-state index in [0.717, 1.165) is 18.4 Å². The van der Waals surface area contributed by atoms with Crippen LogP contribution >= 0.6 is 0 Å². The van der Waals surface area contributed by atoms with Gasteiger partial charge in [0.05, 0.1) is 12.0 Å². The molecule has 0 unspecified atom stereocenters. The number of carbonyl (C=O) groups is 1. The fourth-order valence-corrected chi connectivity index (χ4v) is 5.55. The van der Waals surface area contributed by atoms with Gasteiger partial charge in [0, 0.05) is 31.5 Å². The van der Waals surface area contributed by atoms with Gasteiger partial charge < -0.3 is 9.47 Å². The van der Waals surface area contributed by atoms with Crippen LogP contribution in [0.1, 0.15) is 35.2 Å². The van der Waals surface area contributed by atoms with E-state index in [1.54, 1.807) is 47.9 Å². The van der Waals surface area contributed by atoms with Crippen LogP contribution in [0.15, 0.2) is 47.4 Å². The molecule has 2 heterocycles. The van der Waals surface area contributed by atoms with E-state index in [9.17, 15) is 13.2 Å². The van der Waals surface area contributed by atoms with Gasteiger partial charge in [0.1, 0.15) is 17.1 Å². The number of rotatable bonds is 4. The minimum absolute atomic E-state index is 0.254. The van der Waals surface area contributed by atoms with Gasteiger partial charge >= 0.3 is 0 Å². The molecule has 0 bridgehead atoms. The lowest BCUT2D eigenvalue weighted by Crippen LogP contribution is -2.51. The molecular weight excluding hydrogens is 408 g/mol. The van der Waals surface area contributed by atoms with Crippen molar-refractivity contribution >= 4 is 15.9 Å². The lowest BCUT2D eigenvalue weighted by Gasteiger charge is -2.44. The number of ether oxygens (including phenoxy) is 2. The average Bonchev–Trinajstić information content (AvgIpc) is 2.78. The summed E-state index contributed by atoms with van der Waals surface area (Å²) in [6.07, 6.45) is 2.68. The minimum atomic E-state index is -3.57. The number of amides is 1. The molecule has 2 N–H and O–H groups in total. The van der Waals surface area contributed by atoms with E-state index in [2.05, 4.69) is 0 Å². The van der Waals surface area contributed by atoms with E-state index in [1.807, 2.05) is 0 Å². The van der Waals surface area contributed by atoms with E-state index < -0.39 is 21.5 Å². The first-order valence-electron chi connectivity index (χ1n) is 9.77. The van der Waals surface area contributed by atoms with Crippen molar-refractivity contribution in [2.24, 2.45) is 0 Å². The Labute approximate surface area is 175 Å². The number of hydrogen-bond donors (Lipinski definition) is 2. The fourth-order valence-electron chi connectivity index (χ4n) is 4.11. The molecule has 0 atom stereocenters. The number of aryl methyl sites for hydroxylation is 1. The molecule has 160 valence electrons. The van der Waals surface area contributed by atoms with Gasteiger partial charge in [-0.05, 0) is 60.9 Å². The van der Waals surface area contributed by atoms with E-state index in [0.29, 0.717) is 43.0 Å². The second-order valence-electron chi connectivity index (χ2n) is 7.63. The Morgan fingerprint density at radius 1 is 1.13 bits per heavy atom. The number of hydrogen-bond acceptors (Lipinski definition) is 6. The standard InChI is InChI=1S/C21H24N2O6S/c1-28-17-3-5-18(6-4-17)30(26,27)23-12-10-21(11-13-23)9-8-15-14-16(20(24)22-25)2-7-19(15)29-21/h2-7,14,25H,8-13H2,1H3,(H,22,24). The molecule has 8 nitrogen and oxygen atoms in total. The maximum atomic E-state index is 13.0. The molecule has 1 fully saturated rings. The highest BCUT2D eigenvalue weighted by Gasteiger charge is 2.42. The van der Waals surface area contributed by atoms with Gasteiger partial charge in [-0.25, -0.2) is 13.9 Å². The normalized spacial score (nSPS) is 18.3. The van der Waals surface area contributed by atoms with Crippen molar-refractivity contribution in [1.29, 1.82) is 0 Å². The van der Waals surface area contributed by atoms with Crippen molar-refractivity contribution in [3.8, 4) is 11.5 Å². The highest BCUT2D eigenvalue weighted by atomic mass is 32.2. The predicted molar refractivity (Wildman–Crippen MR) is 108 cm³/mol. The minimum Gasteiger partial charge on any atom is -0.497 e. The predicted octanol–water partition coefficient (Wildman–Crippen LogP) is 2.36. The van der Waals surface area contributed by atoms with Crippen LogP contribution in [-0.4, -0.2) is 49.6 Å². The molecular formula is C21H24N2O6S. The van der Waals surface area contributed by atoms with E-state index in [1.165, 1.54) is 11.4 Å². The van der Waals surface area contributed by atoms with Crippen LogP contribution in [0.25, 0.3) is 0 Å². The lowest BCUT2D eigenvalue weighted by molar-refractivity contribution is 0.00178. The number of nitrogens with zero attached hydrogens (tertiary/aromatic N) is 1. The molecule has 0 saturated carbocycles. The van der Waals surface area contributed by atoms with Gasteiger partial charge in [-0.15, -0.1) is 0 Å². The van der Waals surface area contributed by atoms with Crippen molar-refractivity contribution in [3.05, 3.63) is 53.6 Å². The molecule has 2 aromatic carbocycles. The van der Waals surface area contributed by atoms with Crippen LogP contribution in [-0.2, 0) is 16.4 Å². The number of carbonyl (C=O) groups excluding carboxylic acids is 1. The molecule has 2 aliphatic heterocycles. The third kappa shape index (κ3) is 3.76. The summed E-state index contributed by atoms with van der Waals surface area (Å²) >= 11 is 0. The second-order valence-corrected chi connectivity index (χ2v) is 9.57. The largest absolute Gasteiger partial charge is 0.497 e. The monoisotopic (exact) mass is 432 g/mol. The molecule has 1 spiro atoms. The van der Waals surface area contributed by atoms with Crippen LogP contribution in [0.3, 0.4) is 0 Å². The van der Waals surface area contributed by atoms with Crippen molar-refractivity contribution in [3.63, 3.8) is 0 Å². The molecule has 0 radical (unpaired) electrons. The van der Waals surface area contributed by atoms with Crippen LogP contribution in [0.5, 0.6) is 11.5 Å². The number of piperidine rings is 1. The Balaban J connectivity index is 1.46. The SMILES string of the molecule is COc1ccc(S(=O)(=O)N2CCC3(CCc4cc(C(=O)NO)ccc4O3)CC2)cc1. The zero-order chi connectivity index (χ0) is 21.4.